The van der Waals surface area contributed by atoms with Crippen LogP contribution in [0.1, 0.15) is 10.4 Å². The van der Waals surface area contributed by atoms with Gasteiger partial charge in [0, 0.05) is 37.4 Å². The van der Waals surface area contributed by atoms with Crippen LogP contribution in [0.2, 0.25) is 0 Å². The molecule has 4 aromatic rings. The van der Waals surface area contributed by atoms with Gasteiger partial charge in [0.25, 0.3) is 0 Å². The van der Waals surface area contributed by atoms with Crippen molar-refractivity contribution in [3.8, 4) is 5.69 Å². The van der Waals surface area contributed by atoms with Crippen LogP contribution < -0.4 is 9.80 Å². The van der Waals surface area contributed by atoms with Gasteiger partial charge in [-0.2, -0.15) is 5.10 Å². The van der Waals surface area contributed by atoms with Gasteiger partial charge in [-0.15, -0.1) is 0 Å². The van der Waals surface area contributed by atoms with E-state index in [2.05, 4.69) is 24.9 Å². The number of fused-ring (bicyclic) bond motifs is 1. The molecule has 0 saturated carbocycles. The molecule has 1 aliphatic heterocycles. The highest BCUT2D eigenvalue weighted by atomic mass is 16.1. The number of hydrogen-bond donors (Lipinski definition) is 0. The fraction of sp³-hybridized carbons (Fsp3) is 0.182. The summed E-state index contributed by atoms with van der Waals surface area (Å²) in [5.74, 6) is 0.903. The Morgan fingerprint density at radius 2 is 1.55 bits per heavy atom. The SMILES string of the molecule is O=Cc1ccccc1N1CCN(c2ncnc3c2cnn3-c2ccccc2)CC1. The van der Waals surface area contributed by atoms with Crippen LogP contribution in [0.3, 0.4) is 0 Å². The van der Waals surface area contributed by atoms with Crippen molar-refractivity contribution < 1.29 is 4.79 Å². The average molecular weight is 384 g/mol. The number of benzene rings is 2. The molecule has 0 N–H and O–H groups in total. The first-order chi connectivity index (χ1) is 14.3. The number of aromatic nitrogens is 4. The summed E-state index contributed by atoms with van der Waals surface area (Å²) in [5, 5.41) is 5.49. The van der Waals surface area contributed by atoms with Crippen molar-refractivity contribution in [3.05, 3.63) is 72.7 Å². The van der Waals surface area contributed by atoms with E-state index in [0.29, 0.717) is 0 Å². The van der Waals surface area contributed by atoms with E-state index in [1.165, 1.54) is 0 Å². The van der Waals surface area contributed by atoms with Gasteiger partial charge >= 0.3 is 0 Å². The molecule has 1 saturated heterocycles. The van der Waals surface area contributed by atoms with Gasteiger partial charge in [0.05, 0.1) is 17.3 Å². The molecule has 7 nitrogen and oxygen atoms in total. The van der Waals surface area contributed by atoms with Gasteiger partial charge in [0.1, 0.15) is 12.1 Å². The number of carbonyl (C=O) groups excluding carboxylic acids is 1. The van der Waals surface area contributed by atoms with Gasteiger partial charge in [-0.25, -0.2) is 14.6 Å². The largest absolute Gasteiger partial charge is 0.367 e. The van der Waals surface area contributed by atoms with Crippen LogP contribution in [0.4, 0.5) is 11.5 Å². The number of anilines is 2. The maximum atomic E-state index is 11.4. The second kappa shape index (κ2) is 7.35. The predicted octanol–water partition coefficient (Wildman–Crippen LogP) is 2.95. The molecular weight excluding hydrogens is 364 g/mol. The van der Waals surface area contributed by atoms with Gasteiger partial charge in [-0.05, 0) is 24.3 Å². The topological polar surface area (TPSA) is 67.2 Å². The molecule has 29 heavy (non-hydrogen) atoms. The van der Waals surface area contributed by atoms with E-state index >= 15 is 0 Å². The van der Waals surface area contributed by atoms with Crippen molar-refractivity contribution in [1.29, 1.82) is 0 Å². The molecule has 0 spiro atoms. The third-order valence-corrected chi connectivity index (χ3v) is 5.33. The van der Waals surface area contributed by atoms with Crippen LogP contribution in [0.5, 0.6) is 0 Å². The summed E-state index contributed by atoms with van der Waals surface area (Å²) in [7, 11) is 0. The zero-order valence-corrected chi connectivity index (χ0v) is 15.8. The molecule has 2 aromatic heterocycles. The zero-order valence-electron chi connectivity index (χ0n) is 15.8. The third-order valence-electron chi connectivity index (χ3n) is 5.33. The van der Waals surface area contributed by atoms with Crippen LogP contribution in [0.15, 0.2) is 67.1 Å². The Morgan fingerprint density at radius 1 is 0.828 bits per heavy atom. The molecule has 5 rings (SSSR count). The highest BCUT2D eigenvalue weighted by Crippen LogP contribution is 2.27. The van der Waals surface area contributed by atoms with Crippen LogP contribution in [0, 0.1) is 0 Å². The van der Waals surface area contributed by atoms with Crippen LogP contribution in [-0.2, 0) is 0 Å². The molecule has 1 aliphatic rings. The molecule has 0 amide bonds. The summed E-state index contributed by atoms with van der Waals surface area (Å²) in [6.45, 7) is 3.28. The van der Waals surface area contributed by atoms with Gasteiger partial charge in [0.2, 0.25) is 0 Å². The van der Waals surface area contributed by atoms with E-state index in [9.17, 15) is 4.79 Å². The molecule has 0 radical (unpaired) electrons. The monoisotopic (exact) mass is 384 g/mol. The molecule has 1 fully saturated rings. The molecule has 0 aliphatic carbocycles. The Kier molecular flexibility index (Phi) is 4.40. The van der Waals surface area contributed by atoms with Gasteiger partial charge in [-0.1, -0.05) is 30.3 Å². The van der Waals surface area contributed by atoms with Crippen molar-refractivity contribution in [1.82, 2.24) is 19.7 Å². The molecule has 2 aromatic carbocycles. The molecular formula is C22H20N6O. The normalized spacial score (nSPS) is 14.3. The van der Waals surface area contributed by atoms with Crippen LogP contribution in [-0.4, -0.2) is 52.2 Å². The van der Waals surface area contributed by atoms with E-state index < -0.39 is 0 Å². The number of carbonyl (C=O) groups is 1. The van der Waals surface area contributed by atoms with E-state index in [0.717, 1.165) is 66.3 Å². The lowest BCUT2D eigenvalue weighted by molar-refractivity contribution is 0.112. The first kappa shape index (κ1) is 17.4. The van der Waals surface area contributed by atoms with Crippen molar-refractivity contribution in [2.45, 2.75) is 0 Å². The Hall–Kier alpha value is -3.74. The van der Waals surface area contributed by atoms with Gasteiger partial charge in [-0.3, -0.25) is 4.79 Å². The smallest absolute Gasteiger partial charge is 0.168 e. The maximum Gasteiger partial charge on any atom is 0.168 e. The van der Waals surface area contributed by atoms with Crippen molar-refractivity contribution >= 4 is 28.8 Å². The number of rotatable bonds is 4. The molecule has 0 bridgehead atoms. The van der Waals surface area contributed by atoms with Crippen LogP contribution >= 0.6 is 0 Å². The first-order valence-electron chi connectivity index (χ1n) is 9.63. The van der Waals surface area contributed by atoms with E-state index in [4.69, 9.17) is 0 Å². The van der Waals surface area contributed by atoms with E-state index in [1.54, 1.807) is 6.33 Å². The van der Waals surface area contributed by atoms with Crippen molar-refractivity contribution in [2.75, 3.05) is 36.0 Å². The van der Waals surface area contributed by atoms with E-state index in [-0.39, 0.29) is 0 Å². The zero-order chi connectivity index (χ0) is 19.6. The Bertz CT molecular complexity index is 1150. The standard InChI is InChI=1S/C22H20N6O/c29-15-17-6-4-5-9-20(17)26-10-12-27(13-11-26)21-19-14-25-28(22(19)24-16-23-21)18-7-2-1-3-8-18/h1-9,14-16H,10-13H2. The molecule has 0 unspecified atom stereocenters. The number of nitrogens with zero attached hydrogens (tertiary/aromatic N) is 6. The summed E-state index contributed by atoms with van der Waals surface area (Å²) in [6, 6.07) is 17.7. The molecule has 144 valence electrons. The average Bonchev–Trinajstić information content (AvgIpc) is 3.24. The molecule has 3 heterocycles. The second-order valence-electron chi connectivity index (χ2n) is 6.98. The Labute approximate surface area is 168 Å². The first-order valence-corrected chi connectivity index (χ1v) is 9.63. The summed E-state index contributed by atoms with van der Waals surface area (Å²) >= 11 is 0. The Morgan fingerprint density at radius 3 is 2.34 bits per heavy atom. The van der Waals surface area contributed by atoms with Gasteiger partial charge in [0.15, 0.2) is 11.9 Å². The van der Waals surface area contributed by atoms with Crippen molar-refractivity contribution in [3.63, 3.8) is 0 Å². The highest BCUT2D eigenvalue weighted by Gasteiger charge is 2.22. The van der Waals surface area contributed by atoms with Crippen LogP contribution in [0.25, 0.3) is 16.7 Å². The minimum absolute atomic E-state index is 0.731. The lowest BCUT2D eigenvalue weighted by atomic mass is 10.1. The number of para-hydroxylation sites is 2. The predicted molar refractivity (Wildman–Crippen MR) is 113 cm³/mol. The lowest BCUT2D eigenvalue weighted by Gasteiger charge is -2.37. The number of piperazine rings is 1. The number of hydrogen-bond acceptors (Lipinski definition) is 6. The lowest BCUT2D eigenvalue weighted by Crippen LogP contribution is -2.47. The summed E-state index contributed by atoms with van der Waals surface area (Å²) in [4.78, 5) is 24.9. The second-order valence-corrected chi connectivity index (χ2v) is 6.98. The van der Waals surface area contributed by atoms with Crippen molar-refractivity contribution in [2.24, 2.45) is 0 Å². The minimum Gasteiger partial charge on any atom is -0.367 e. The molecule has 0 atom stereocenters. The molecule has 7 heteroatoms. The minimum atomic E-state index is 0.731. The summed E-state index contributed by atoms with van der Waals surface area (Å²) < 4.78 is 1.84. The fourth-order valence-corrected chi connectivity index (χ4v) is 3.88. The highest BCUT2D eigenvalue weighted by molar-refractivity contribution is 5.88. The summed E-state index contributed by atoms with van der Waals surface area (Å²) in [6.07, 6.45) is 4.37. The Balaban J connectivity index is 1.41. The third kappa shape index (κ3) is 3.10. The summed E-state index contributed by atoms with van der Waals surface area (Å²) in [5.41, 5.74) is 3.50. The van der Waals surface area contributed by atoms with E-state index in [1.807, 2.05) is 65.5 Å². The fourth-order valence-electron chi connectivity index (χ4n) is 3.88. The van der Waals surface area contributed by atoms with Gasteiger partial charge < -0.3 is 9.80 Å². The maximum absolute atomic E-state index is 11.4. The quantitative estimate of drug-likeness (QED) is 0.504. The number of aldehydes is 1.